The fourth-order valence-electron chi connectivity index (χ4n) is 0.269. The molecule has 3 nitrogen and oxygen atoms in total. The van der Waals surface area contributed by atoms with E-state index in [1.54, 1.807) is 6.92 Å². The van der Waals surface area contributed by atoms with Gasteiger partial charge < -0.3 is 5.73 Å². The van der Waals surface area contributed by atoms with E-state index in [0.717, 1.165) is 0 Å². The minimum absolute atomic E-state index is 0. The second-order valence-electron chi connectivity index (χ2n) is 1.73. The molecule has 1 amide bonds. The summed E-state index contributed by atoms with van der Waals surface area (Å²) in [6, 6.07) is 1.82. The summed E-state index contributed by atoms with van der Waals surface area (Å²) in [5, 5.41) is 8.24. The number of allylic oxidation sites excluding steroid dienone is 1. The van der Waals surface area contributed by atoms with Gasteiger partial charge in [-0.3, -0.25) is 4.79 Å². The number of hydrogen-bond acceptors (Lipinski definition) is 2. The zero-order chi connectivity index (χ0) is 7.44. The molecule has 0 bridgehead atoms. The Bertz CT molecular complexity index is 198. The monoisotopic (exact) mass is 140 g/mol. The molecule has 0 spiro atoms. The zero-order valence-corrected chi connectivity index (χ0v) is 5.43. The van der Waals surface area contributed by atoms with Crippen molar-refractivity contribution in [3.8, 4) is 6.07 Å². The fourth-order valence-corrected chi connectivity index (χ4v) is 0.269. The van der Waals surface area contributed by atoms with E-state index in [9.17, 15) is 4.79 Å². The van der Waals surface area contributed by atoms with Gasteiger partial charge >= 0.3 is 0 Å². The number of nitrogens with two attached hydrogens (primary N) is 1. The van der Waals surface area contributed by atoms with E-state index >= 15 is 0 Å². The summed E-state index contributed by atoms with van der Waals surface area (Å²) in [6.45, 7) is 3.08. The molecule has 0 rings (SSSR count). The molecule has 0 atom stereocenters. The van der Waals surface area contributed by atoms with E-state index in [0.29, 0.717) is 11.1 Å². The van der Waals surface area contributed by atoms with Gasteiger partial charge in [-0.25, -0.2) is 0 Å². The Morgan fingerprint density at radius 2 is 1.90 bits per heavy atom. The average molecular weight is 140 g/mol. The summed E-state index contributed by atoms with van der Waals surface area (Å²) in [6.07, 6.45) is 0. The standard InChI is InChI=1S/C6H8N2O.CH4/c1-4(3-7)5(2)6(8)9;/h1-2H3,(H2,8,9);1H4. The van der Waals surface area contributed by atoms with Gasteiger partial charge in [-0.05, 0) is 13.8 Å². The van der Waals surface area contributed by atoms with Crippen molar-refractivity contribution in [1.29, 1.82) is 5.26 Å². The Kier molecular flexibility index (Phi) is 5.25. The molecule has 0 aliphatic rings. The molecule has 3 heteroatoms. The van der Waals surface area contributed by atoms with Gasteiger partial charge in [-0.2, -0.15) is 5.26 Å². The van der Waals surface area contributed by atoms with E-state index in [1.807, 2.05) is 6.07 Å². The van der Waals surface area contributed by atoms with Crippen molar-refractivity contribution in [3.63, 3.8) is 0 Å². The van der Waals surface area contributed by atoms with Crippen LogP contribution in [0.4, 0.5) is 0 Å². The van der Waals surface area contributed by atoms with Gasteiger partial charge in [-0.1, -0.05) is 7.43 Å². The van der Waals surface area contributed by atoms with Gasteiger partial charge in [0, 0.05) is 11.1 Å². The minimum atomic E-state index is -0.533. The number of nitrogens with zero attached hydrogens (tertiary/aromatic N) is 1. The smallest absolute Gasteiger partial charge is 0.245 e. The SMILES string of the molecule is C.CC(C#N)=C(C)C(N)=O. The Morgan fingerprint density at radius 3 is 2.00 bits per heavy atom. The van der Waals surface area contributed by atoms with Gasteiger partial charge in [0.15, 0.2) is 0 Å². The third-order valence-corrected chi connectivity index (χ3v) is 1.10. The quantitative estimate of drug-likeness (QED) is 0.435. The van der Waals surface area contributed by atoms with Crippen molar-refractivity contribution in [2.45, 2.75) is 21.3 Å². The van der Waals surface area contributed by atoms with Crippen LogP contribution in [0.5, 0.6) is 0 Å². The third kappa shape index (κ3) is 2.88. The van der Waals surface area contributed by atoms with Crippen molar-refractivity contribution >= 4 is 5.91 Å². The van der Waals surface area contributed by atoms with Crippen LogP contribution < -0.4 is 5.73 Å². The normalized spacial score (nSPS) is 10.5. The van der Waals surface area contributed by atoms with Crippen LogP contribution in [0.15, 0.2) is 11.1 Å². The molecule has 0 aliphatic heterocycles. The van der Waals surface area contributed by atoms with Crippen molar-refractivity contribution < 1.29 is 4.79 Å². The number of hydrogen-bond donors (Lipinski definition) is 1. The van der Waals surface area contributed by atoms with Crippen LogP contribution in [-0.4, -0.2) is 5.91 Å². The number of carbonyl (C=O) groups is 1. The lowest BCUT2D eigenvalue weighted by Gasteiger charge is -1.91. The Hall–Kier alpha value is -1.30. The van der Waals surface area contributed by atoms with E-state index in [-0.39, 0.29) is 7.43 Å². The molecule has 2 N–H and O–H groups in total. The molecule has 10 heavy (non-hydrogen) atoms. The minimum Gasteiger partial charge on any atom is -0.366 e. The number of nitriles is 1. The molecule has 0 saturated carbocycles. The number of primary amides is 1. The summed E-state index contributed by atoms with van der Waals surface area (Å²) in [5.41, 5.74) is 5.57. The lowest BCUT2D eigenvalue weighted by atomic mass is 10.2. The van der Waals surface area contributed by atoms with Crippen LogP contribution in [0.25, 0.3) is 0 Å². The van der Waals surface area contributed by atoms with Gasteiger partial charge in [0.05, 0.1) is 6.07 Å². The number of amides is 1. The van der Waals surface area contributed by atoms with Crippen LogP contribution in [0, 0.1) is 11.3 Å². The van der Waals surface area contributed by atoms with Crippen molar-refractivity contribution in [2.75, 3.05) is 0 Å². The highest BCUT2D eigenvalue weighted by atomic mass is 16.1. The maximum Gasteiger partial charge on any atom is 0.245 e. The second kappa shape index (κ2) is 4.57. The highest BCUT2D eigenvalue weighted by Gasteiger charge is 2.00. The topological polar surface area (TPSA) is 66.9 Å². The fraction of sp³-hybridized carbons (Fsp3) is 0.429. The van der Waals surface area contributed by atoms with Crippen molar-refractivity contribution in [2.24, 2.45) is 5.73 Å². The van der Waals surface area contributed by atoms with E-state index in [2.05, 4.69) is 0 Å². The molecule has 0 fully saturated rings. The van der Waals surface area contributed by atoms with Crippen molar-refractivity contribution in [1.82, 2.24) is 0 Å². The first kappa shape index (κ1) is 11.5. The largest absolute Gasteiger partial charge is 0.366 e. The maximum atomic E-state index is 10.3. The van der Waals surface area contributed by atoms with Gasteiger partial charge in [0.25, 0.3) is 0 Å². The van der Waals surface area contributed by atoms with E-state index in [1.165, 1.54) is 6.92 Å². The molecule has 0 aromatic heterocycles. The van der Waals surface area contributed by atoms with E-state index < -0.39 is 5.91 Å². The van der Waals surface area contributed by atoms with Gasteiger partial charge in [0.2, 0.25) is 5.91 Å². The molecule has 0 unspecified atom stereocenters. The molecule has 0 aliphatic carbocycles. The van der Waals surface area contributed by atoms with Crippen LogP contribution >= 0.6 is 0 Å². The summed E-state index contributed by atoms with van der Waals surface area (Å²) < 4.78 is 0. The molecule has 0 radical (unpaired) electrons. The lowest BCUT2D eigenvalue weighted by Crippen LogP contribution is -2.12. The van der Waals surface area contributed by atoms with Crippen LogP contribution in [-0.2, 0) is 4.79 Å². The predicted octanol–water partition coefficient (Wildman–Crippen LogP) is 0.968. The van der Waals surface area contributed by atoms with Gasteiger partial charge in [0.1, 0.15) is 0 Å². The first-order chi connectivity index (χ1) is 4.09. The summed E-state index contributed by atoms with van der Waals surface area (Å²) in [4.78, 5) is 10.3. The average Bonchev–Trinajstić information content (AvgIpc) is 1.84. The van der Waals surface area contributed by atoms with Crippen LogP contribution in [0.1, 0.15) is 21.3 Å². The molecular formula is C7H12N2O. The first-order valence-corrected chi connectivity index (χ1v) is 2.47. The van der Waals surface area contributed by atoms with Crippen LogP contribution in [0.3, 0.4) is 0 Å². The van der Waals surface area contributed by atoms with Crippen molar-refractivity contribution in [3.05, 3.63) is 11.1 Å². The number of rotatable bonds is 1. The molecule has 0 aromatic rings. The maximum absolute atomic E-state index is 10.3. The Labute approximate surface area is 61.1 Å². The van der Waals surface area contributed by atoms with Crippen LogP contribution in [0.2, 0.25) is 0 Å². The second-order valence-corrected chi connectivity index (χ2v) is 1.73. The molecule has 56 valence electrons. The highest BCUT2D eigenvalue weighted by Crippen LogP contribution is 1.98. The summed E-state index contributed by atoms with van der Waals surface area (Å²) >= 11 is 0. The summed E-state index contributed by atoms with van der Waals surface area (Å²) in [7, 11) is 0. The Balaban J connectivity index is 0. The number of carbonyl (C=O) groups excluding carboxylic acids is 1. The third-order valence-electron chi connectivity index (χ3n) is 1.10. The molecular weight excluding hydrogens is 128 g/mol. The predicted molar refractivity (Wildman–Crippen MR) is 39.9 cm³/mol. The first-order valence-electron chi connectivity index (χ1n) is 2.47. The molecule has 0 saturated heterocycles. The Morgan fingerprint density at radius 1 is 1.50 bits per heavy atom. The molecule has 0 aromatic carbocycles. The van der Waals surface area contributed by atoms with Gasteiger partial charge in [-0.15, -0.1) is 0 Å². The summed E-state index contributed by atoms with van der Waals surface area (Å²) in [5.74, 6) is -0.533. The highest BCUT2D eigenvalue weighted by molar-refractivity contribution is 5.92. The lowest BCUT2D eigenvalue weighted by molar-refractivity contribution is -0.114. The molecule has 0 heterocycles. The van der Waals surface area contributed by atoms with E-state index in [4.69, 9.17) is 11.0 Å². The zero-order valence-electron chi connectivity index (χ0n) is 5.43.